The Morgan fingerprint density at radius 3 is 2.00 bits per heavy atom. The van der Waals surface area contributed by atoms with Crippen molar-refractivity contribution < 1.29 is 9.47 Å². The van der Waals surface area contributed by atoms with Crippen LogP contribution in [0.4, 0.5) is 0 Å². The zero-order chi connectivity index (χ0) is 8.97. The monoisotopic (exact) mass is 162 g/mol. The molecule has 0 aliphatic rings. The van der Waals surface area contributed by atoms with Gasteiger partial charge in [-0.15, -0.1) is 6.42 Å². The molecule has 12 heavy (non-hydrogen) atoms. The third-order valence-electron chi connectivity index (χ3n) is 1.57. The molecule has 0 atom stereocenters. The summed E-state index contributed by atoms with van der Waals surface area (Å²) in [4.78, 5) is 0. The second-order valence-electron chi connectivity index (χ2n) is 2.18. The van der Waals surface area contributed by atoms with E-state index in [-0.39, 0.29) is 0 Å². The lowest BCUT2D eigenvalue weighted by molar-refractivity contribution is 0.392. The van der Waals surface area contributed by atoms with Gasteiger partial charge in [-0.2, -0.15) is 0 Å². The maximum atomic E-state index is 5.29. The Morgan fingerprint density at radius 1 is 1.17 bits per heavy atom. The van der Waals surface area contributed by atoms with Gasteiger partial charge in [0.15, 0.2) is 0 Å². The maximum absolute atomic E-state index is 5.29. The number of terminal acetylenes is 1. The summed E-state index contributed by atoms with van der Waals surface area (Å²) in [6.07, 6.45) is 5.29. The zero-order valence-corrected chi connectivity index (χ0v) is 7.13. The van der Waals surface area contributed by atoms with E-state index in [1.165, 1.54) is 0 Å². The molecule has 0 fully saturated rings. The van der Waals surface area contributed by atoms with E-state index in [1.807, 2.05) is 6.07 Å². The molecule has 0 aromatic heterocycles. The van der Waals surface area contributed by atoms with Gasteiger partial charge in [-0.25, -0.2) is 0 Å². The van der Waals surface area contributed by atoms with Crippen molar-refractivity contribution >= 4 is 0 Å². The van der Waals surface area contributed by atoms with Crippen molar-refractivity contribution in [1.82, 2.24) is 0 Å². The summed E-state index contributed by atoms with van der Waals surface area (Å²) in [5, 5.41) is 0. The van der Waals surface area contributed by atoms with Crippen LogP contribution in [0.25, 0.3) is 0 Å². The SMILES string of the molecule is C#Cc1c(OC)cccc1OC. The van der Waals surface area contributed by atoms with Gasteiger partial charge in [-0.3, -0.25) is 0 Å². The van der Waals surface area contributed by atoms with Crippen LogP contribution in [0.1, 0.15) is 5.56 Å². The van der Waals surface area contributed by atoms with Gasteiger partial charge in [0.2, 0.25) is 0 Å². The Balaban J connectivity index is 3.25. The summed E-state index contributed by atoms with van der Waals surface area (Å²) >= 11 is 0. The van der Waals surface area contributed by atoms with Crippen molar-refractivity contribution in [3.63, 3.8) is 0 Å². The lowest BCUT2D eigenvalue weighted by Crippen LogP contribution is -1.92. The summed E-state index contributed by atoms with van der Waals surface area (Å²) in [5.74, 6) is 3.84. The molecule has 0 N–H and O–H groups in total. The molecular formula is C10H10O2. The Hall–Kier alpha value is -1.62. The van der Waals surface area contributed by atoms with E-state index < -0.39 is 0 Å². The first-order valence-corrected chi connectivity index (χ1v) is 3.51. The molecular weight excluding hydrogens is 152 g/mol. The second kappa shape index (κ2) is 3.68. The van der Waals surface area contributed by atoms with Gasteiger partial charge in [-0.1, -0.05) is 12.0 Å². The van der Waals surface area contributed by atoms with Gasteiger partial charge >= 0.3 is 0 Å². The number of ether oxygens (including phenoxy) is 2. The summed E-state index contributed by atoms with van der Waals surface area (Å²) in [7, 11) is 3.16. The summed E-state index contributed by atoms with van der Waals surface area (Å²) < 4.78 is 10.1. The van der Waals surface area contributed by atoms with Gasteiger partial charge in [-0.05, 0) is 12.1 Å². The van der Waals surface area contributed by atoms with Crippen LogP contribution in [0.5, 0.6) is 11.5 Å². The smallest absolute Gasteiger partial charge is 0.138 e. The molecule has 62 valence electrons. The molecule has 0 saturated carbocycles. The van der Waals surface area contributed by atoms with Crippen LogP contribution < -0.4 is 9.47 Å². The fourth-order valence-corrected chi connectivity index (χ4v) is 0.993. The molecule has 0 heterocycles. The van der Waals surface area contributed by atoms with Crippen molar-refractivity contribution in [2.45, 2.75) is 0 Å². The highest BCUT2D eigenvalue weighted by molar-refractivity contribution is 5.54. The highest BCUT2D eigenvalue weighted by Gasteiger charge is 2.05. The molecule has 0 radical (unpaired) electrons. The summed E-state index contributed by atoms with van der Waals surface area (Å²) in [6, 6.07) is 5.44. The van der Waals surface area contributed by atoms with Crippen molar-refractivity contribution in [2.75, 3.05) is 14.2 Å². The van der Waals surface area contributed by atoms with Crippen LogP contribution in [-0.2, 0) is 0 Å². The molecule has 0 bridgehead atoms. The van der Waals surface area contributed by atoms with E-state index in [2.05, 4.69) is 5.92 Å². The molecule has 2 heteroatoms. The van der Waals surface area contributed by atoms with Crippen LogP contribution in [0.3, 0.4) is 0 Å². The third-order valence-corrected chi connectivity index (χ3v) is 1.57. The number of hydrogen-bond acceptors (Lipinski definition) is 2. The molecule has 0 amide bonds. The fraction of sp³-hybridized carbons (Fsp3) is 0.200. The summed E-state index contributed by atoms with van der Waals surface area (Å²) in [6.45, 7) is 0. The standard InChI is InChI=1S/C10H10O2/c1-4-8-9(11-2)6-5-7-10(8)12-3/h1,5-7H,2-3H3. The van der Waals surface area contributed by atoms with Crippen molar-refractivity contribution in [3.8, 4) is 23.8 Å². The van der Waals surface area contributed by atoms with Crippen LogP contribution in [0.15, 0.2) is 18.2 Å². The quantitative estimate of drug-likeness (QED) is 0.616. The van der Waals surface area contributed by atoms with E-state index >= 15 is 0 Å². The first-order chi connectivity index (χ1) is 5.83. The Kier molecular flexibility index (Phi) is 2.60. The van der Waals surface area contributed by atoms with E-state index in [0.717, 1.165) is 0 Å². The van der Waals surface area contributed by atoms with E-state index in [9.17, 15) is 0 Å². The van der Waals surface area contributed by atoms with E-state index in [0.29, 0.717) is 17.1 Å². The summed E-state index contributed by atoms with van der Waals surface area (Å²) in [5.41, 5.74) is 0.655. The molecule has 0 aliphatic heterocycles. The molecule has 2 nitrogen and oxygen atoms in total. The van der Waals surface area contributed by atoms with Crippen LogP contribution in [0, 0.1) is 12.3 Å². The number of rotatable bonds is 2. The van der Waals surface area contributed by atoms with E-state index in [4.69, 9.17) is 15.9 Å². The minimum Gasteiger partial charge on any atom is -0.495 e. The van der Waals surface area contributed by atoms with Crippen molar-refractivity contribution in [2.24, 2.45) is 0 Å². The molecule has 1 aromatic carbocycles. The first kappa shape index (κ1) is 8.48. The fourth-order valence-electron chi connectivity index (χ4n) is 0.993. The van der Waals surface area contributed by atoms with Crippen molar-refractivity contribution in [3.05, 3.63) is 23.8 Å². The number of hydrogen-bond donors (Lipinski definition) is 0. The normalized spacial score (nSPS) is 8.75. The topological polar surface area (TPSA) is 18.5 Å². The molecule has 0 unspecified atom stereocenters. The van der Waals surface area contributed by atoms with Gasteiger partial charge in [0.05, 0.1) is 14.2 Å². The predicted molar refractivity (Wildman–Crippen MR) is 47.5 cm³/mol. The highest BCUT2D eigenvalue weighted by Crippen LogP contribution is 2.26. The first-order valence-electron chi connectivity index (χ1n) is 3.51. The largest absolute Gasteiger partial charge is 0.495 e. The average molecular weight is 162 g/mol. The minimum atomic E-state index is 0.655. The Morgan fingerprint density at radius 2 is 1.67 bits per heavy atom. The molecule has 0 aliphatic carbocycles. The third kappa shape index (κ3) is 1.35. The van der Waals surface area contributed by atoms with Gasteiger partial charge in [0, 0.05) is 0 Å². The van der Waals surface area contributed by atoms with Crippen molar-refractivity contribution in [1.29, 1.82) is 0 Å². The van der Waals surface area contributed by atoms with Gasteiger partial charge < -0.3 is 9.47 Å². The zero-order valence-electron chi connectivity index (χ0n) is 7.13. The Bertz CT molecular complexity index is 288. The lowest BCUT2D eigenvalue weighted by Gasteiger charge is -2.07. The average Bonchev–Trinajstić information content (AvgIpc) is 2.16. The second-order valence-corrected chi connectivity index (χ2v) is 2.18. The van der Waals surface area contributed by atoms with Crippen LogP contribution in [0.2, 0.25) is 0 Å². The lowest BCUT2D eigenvalue weighted by atomic mass is 10.2. The minimum absolute atomic E-state index is 0.655. The molecule has 0 spiro atoms. The maximum Gasteiger partial charge on any atom is 0.138 e. The van der Waals surface area contributed by atoms with E-state index in [1.54, 1.807) is 26.4 Å². The molecule has 1 aromatic rings. The van der Waals surface area contributed by atoms with Gasteiger partial charge in [0.25, 0.3) is 0 Å². The highest BCUT2D eigenvalue weighted by atomic mass is 16.5. The Labute approximate surface area is 72.1 Å². The molecule has 1 rings (SSSR count). The van der Waals surface area contributed by atoms with Gasteiger partial charge in [0.1, 0.15) is 17.1 Å². The number of benzene rings is 1. The van der Waals surface area contributed by atoms with Crippen LogP contribution >= 0.6 is 0 Å². The van der Waals surface area contributed by atoms with Crippen LogP contribution in [-0.4, -0.2) is 14.2 Å². The number of methoxy groups -OCH3 is 2. The predicted octanol–water partition coefficient (Wildman–Crippen LogP) is 1.69. The molecule has 0 saturated heterocycles.